The van der Waals surface area contributed by atoms with Crippen LogP contribution in [0.15, 0.2) is 24.3 Å². The van der Waals surface area contributed by atoms with Crippen molar-refractivity contribution >= 4 is 29.9 Å². The van der Waals surface area contributed by atoms with Crippen molar-refractivity contribution < 1.29 is 9.53 Å². The number of halogens is 1. The first-order valence-electron chi connectivity index (χ1n) is 9.62. The van der Waals surface area contributed by atoms with E-state index in [1.807, 2.05) is 6.92 Å². The van der Waals surface area contributed by atoms with Gasteiger partial charge in [-0.2, -0.15) is 0 Å². The summed E-state index contributed by atoms with van der Waals surface area (Å²) < 4.78 is 5.76. The van der Waals surface area contributed by atoms with Gasteiger partial charge in [-0.25, -0.2) is 0 Å². The molecule has 1 heterocycles. The predicted octanol–water partition coefficient (Wildman–Crippen LogP) is 3.83. The third-order valence-corrected chi connectivity index (χ3v) is 4.86. The fourth-order valence-electron chi connectivity index (χ4n) is 3.30. The lowest BCUT2D eigenvalue weighted by atomic mass is 9.96. The minimum absolute atomic E-state index is 0. The van der Waals surface area contributed by atoms with Gasteiger partial charge in [-0.15, -0.1) is 24.0 Å². The Labute approximate surface area is 176 Å². The highest BCUT2D eigenvalue weighted by atomic mass is 127. The van der Waals surface area contributed by atoms with Gasteiger partial charge in [-0.05, 0) is 50.3 Å². The van der Waals surface area contributed by atoms with Gasteiger partial charge in [0.05, 0.1) is 18.6 Å². The summed E-state index contributed by atoms with van der Waals surface area (Å²) in [6.45, 7) is 9.97. The molecule has 1 aliphatic rings. The quantitative estimate of drug-likeness (QED) is 0.460. The van der Waals surface area contributed by atoms with Gasteiger partial charge in [0.1, 0.15) is 0 Å². The molecule has 1 saturated heterocycles. The van der Waals surface area contributed by atoms with E-state index in [0.717, 1.165) is 51.1 Å². The van der Waals surface area contributed by atoms with Crippen LogP contribution in [0.3, 0.4) is 0 Å². The first-order valence-corrected chi connectivity index (χ1v) is 9.62. The summed E-state index contributed by atoms with van der Waals surface area (Å²) in [5.74, 6) is 0.656. The number of ether oxygens (including phenoxy) is 1. The zero-order valence-electron chi connectivity index (χ0n) is 16.7. The molecule has 4 nitrogen and oxygen atoms in total. The number of rotatable bonds is 8. The molecule has 1 aromatic rings. The molecule has 0 spiro atoms. The number of likely N-dealkylation sites (N-methyl/N-ethyl adjacent to an activating group) is 1. The minimum atomic E-state index is -0.106. The smallest absolute Gasteiger partial charge is 0.227 e. The topological polar surface area (TPSA) is 41.6 Å². The number of morpholine rings is 1. The molecule has 1 amide bonds. The van der Waals surface area contributed by atoms with E-state index in [0.29, 0.717) is 12.0 Å². The molecule has 1 unspecified atom stereocenters. The fourth-order valence-corrected chi connectivity index (χ4v) is 3.30. The van der Waals surface area contributed by atoms with Crippen molar-refractivity contribution in [2.45, 2.75) is 52.1 Å². The van der Waals surface area contributed by atoms with Gasteiger partial charge in [0, 0.05) is 19.6 Å². The molecule has 0 aliphatic carbocycles. The summed E-state index contributed by atoms with van der Waals surface area (Å²) in [5, 5.41) is 3.07. The number of nitrogens with one attached hydrogen (secondary N) is 1. The Bertz CT molecular complexity index is 533. The first kappa shape index (κ1) is 23.4. The molecule has 1 aromatic carbocycles. The monoisotopic (exact) mass is 474 g/mol. The van der Waals surface area contributed by atoms with Crippen LogP contribution in [0.25, 0.3) is 0 Å². The SMILES string of the molecule is CC(C)Cc1ccc(C(C)C(=O)NCCC[C@@H]2CN(C)CCO2)cc1.I. The third-order valence-electron chi connectivity index (χ3n) is 4.86. The summed E-state index contributed by atoms with van der Waals surface area (Å²) in [4.78, 5) is 14.7. The Morgan fingerprint density at radius 2 is 1.96 bits per heavy atom. The van der Waals surface area contributed by atoms with Crippen molar-refractivity contribution in [1.82, 2.24) is 10.2 Å². The maximum atomic E-state index is 12.4. The van der Waals surface area contributed by atoms with Crippen LogP contribution in [-0.2, 0) is 16.0 Å². The Hall–Kier alpha value is -0.660. The van der Waals surface area contributed by atoms with Crippen LogP contribution in [0.2, 0.25) is 0 Å². The highest BCUT2D eigenvalue weighted by Gasteiger charge is 2.18. The normalized spacial score (nSPS) is 19.0. The molecular weight excluding hydrogens is 439 g/mol. The summed E-state index contributed by atoms with van der Waals surface area (Å²) in [7, 11) is 2.13. The van der Waals surface area contributed by atoms with Crippen LogP contribution in [0, 0.1) is 5.92 Å². The van der Waals surface area contributed by atoms with Crippen molar-refractivity contribution in [3.8, 4) is 0 Å². The van der Waals surface area contributed by atoms with E-state index in [1.54, 1.807) is 0 Å². The molecule has 26 heavy (non-hydrogen) atoms. The van der Waals surface area contributed by atoms with Gasteiger partial charge in [0.25, 0.3) is 0 Å². The zero-order valence-corrected chi connectivity index (χ0v) is 19.0. The number of hydrogen-bond donors (Lipinski definition) is 1. The molecule has 5 heteroatoms. The number of carbonyl (C=O) groups is 1. The van der Waals surface area contributed by atoms with Crippen LogP contribution in [-0.4, -0.2) is 50.2 Å². The van der Waals surface area contributed by atoms with Crippen molar-refractivity contribution in [3.05, 3.63) is 35.4 Å². The van der Waals surface area contributed by atoms with Crippen molar-refractivity contribution in [1.29, 1.82) is 0 Å². The summed E-state index contributed by atoms with van der Waals surface area (Å²) in [6.07, 6.45) is 3.36. The maximum absolute atomic E-state index is 12.4. The van der Waals surface area contributed by atoms with Gasteiger partial charge in [0.15, 0.2) is 0 Å². The molecule has 0 bridgehead atoms. The molecule has 148 valence electrons. The van der Waals surface area contributed by atoms with Crippen LogP contribution >= 0.6 is 24.0 Å². The van der Waals surface area contributed by atoms with E-state index in [9.17, 15) is 4.79 Å². The lowest BCUT2D eigenvalue weighted by Crippen LogP contribution is -2.40. The maximum Gasteiger partial charge on any atom is 0.227 e. The number of hydrogen-bond acceptors (Lipinski definition) is 3. The second kappa shape index (κ2) is 11.9. The number of amides is 1. The van der Waals surface area contributed by atoms with Gasteiger partial charge in [0.2, 0.25) is 5.91 Å². The summed E-state index contributed by atoms with van der Waals surface area (Å²) in [5.41, 5.74) is 2.42. The number of carbonyl (C=O) groups excluding carboxylic acids is 1. The van der Waals surface area contributed by atoms with Crippen molar-refractivity contribution in [2.75, 3.05) is 33.3 Å². The molecule has 0 saturated carbocycles. The number of benzene rings is 1. The fraction of sp³-hybridized carbons (Fsp3) is 0.667. The largest absolute Gasteiger partial charge is 0.376 e. The predicted molar refractivity (Wildman–Crippen MR) is 118 cm³/mol. The Balaban J connectivity index is 0.00000338. The standard InChI is InChI=1S/C21H34N2O2.HI/c1-16(2)14-18-7-9-19(10-8-18)17(3)21(24)22-11-5-6-20-15-23(4)12-13-25-20;/h7-10,16-17,20H,5-6,11-15H2,1-4H3,(H,22,24);1H/t17?,20-;/m1./s1. The van der Waals surface area contributed by atoms with E-state index in [4.69, 9.17) is 4.74 Å². The third kappa shape index (κ3) is 7.92. The summed E-state index contributed by atoms with van der Waals surface area (Å²) >= 11 is 0. The van der Waals surface area contributed by atoms with Gasteiger partial charge in [-0.3, -0.25) is 4.79 Å². The van der Waals surface area contributed by atoms with E-state index >= 15 is 0 Å². The second-order valence-electron chi connectivity index (χ2n) is 7.75. The van der Waals surface area contributed by atoms with E-state index in [-0.39, 0.29) is 35.8 Å². The van der Waals surface area contributed by atoms with Crippen molar-refractivity contribution in [2.24, 2.45) is 5.92 Å². The second-order valence-corrected chi connectivity index (χ2v) is 7.75. The minimum Gasteiger partial charge on any atom is -0.376 e. The molecular formula is C21H35IN2O2. The average Bonchev–Trinajstić information content (AvgIpc) is 2.58. The van der Waals surface area contributed by atoms with E-state index in [2.05, 4.69) is 55.4 Å². The number of nitrogens with zero attached hydrogens (tertiary/aromatic N) is 1. The van der Waals surface area contributed by atoms with E-state index in [1.165, 1.54) is 5.56 Å². The highest BCUT2D eigenvalue weighted by Crippen LogP contribution is 2.18. The molecule has 1 fully saturated rings. The van der Waals surface area contributed by atoms with Crippen molar-refractivity contribution in [3.63, 3.8) is 0 Å². The summed E-state index contributed by atoms with van der Waals surface area (Å²) in [6, 6.07) is 8.48. The Morgan fingerprint density at radius 3 is 2.58 bits per heavy atom. The van der Waals surface area contributed by atoms with E-state index < -0.39 is 0 Å². The molecule has 2 atom stereocenters. The molecule has 2 rings (SSSR count). The molecule has 1 aliphatic heterocycles. The highest BCUT2D eigenvalue weighted by molar-refractivity contribution is 14.0. The molecule has 1 N–H and O–H groups in total. The Morgan fingerprint density at radius 1 is 1.27 bits per heavy atom. The lowest BCUT2D eigenvalue weighted by molar-refractivity contribution is -0.122. The van der Waals surface area contributed by atoms with Crippen LogP contribution in [0.4, 0.5) is 0 Å². The first-order chi connectivity index (χ1) is 12.0. The van der Waals surface area contributed by atoms with Gasteiger partial charge >= 0.3 is 0 Å². The average molecular weight is 474 g/mol. The zero-order chi connectivity index (χ0) is 18.2. The van der Waals surface area contributed by atoms with Crippen LogP contribution < -0.4 is 5.32 Å². The Kier molecular flexibility index (Phi) is 10.7. The lowest BCUT2D eigenvalue weighted by Gasteiger charge is -2.30. The van der Waals surface area contributed by atoms with Crippen LogP contribution in [0.5, 0.6) is 0 Å². The molecule has 0 aromatic heterocycles. The van der Waals surface area contributed by atoms with Crippen LogP contribution in [0.1, 0.15) is 50.7 Å². The molecule has 0 radical (unpaired) electrons. The van der Waals surface area contributed by atoms with Gasteiger partial charge in [-0.1, -0.05) is 38.1 Å². The van der Waals surface area contributed by atoms with Gasteiger partial charge < -0.3 is 15.0 Å².